The lowest BCUT2D eigenvalue weighted by Gasteiger charge is -2.20. The van der Waals surface area contributed by atoms with Crippen molar-refractivity contribution >= 4 is 9.84 Å². The summed E-state index contributed by atoms with van der Waals surface area (Å²) in [4.78, 5) is 2.07. The molecule has 0 atom stereocenters. The molecule has 0 amide bonds. The first kappa shape index (κ1) is 16.0. The number of sulfone groups is 1. The zero-order valence-electron chi connectivity index (χ0n) is 11.8. The van der Waals surface area contributed by atoms with Crippen LogP contribution in [0.5, 0.6) is 0 Å². The van der Waals surface area contributed by atoms with Gasteiger partial charge in [-0.3, -0.25) is 4.90 Å². The van der Waals surface area contributed by atoms with Gasteiger partial charge in [0, 0.05) is 18.7 Å². The van der Waals surface area contributed by atoms with Gasteiger partial charge in [-0.15, -0.1) is 0 Å². The molecule has 1 aromatic rings. The molecule has 0 aromatic heterocycles. The SMILES string of the molecule is NCC#Cc1cc(F)ccc1CN1CCCS(=O)(=O)CC1. The lowest BCUT2D eigenvalue weighted by Crippen LogP contribution is -2.27. The predicted octanol–water partition coefficient (Wildman–Crippen LogP) is 0.756. The molecule has 0 saturated carbocycles. The molecule has 1 fully saturated rings. The van der Waals surface area contributed by atoms with E-state index < -0.39 is 9.84 Å². The minimum Gasteiger partial charge on any atom is -0.320 e. The van der Waals surface area contributed by atoms with Crippen molar-refractivity contribution in [1.82, 2.24) is 4.90 Å². The zero-order valence-corrected chi connectivity index (χ0v) is 12.6. The van der Waals surface area contributed by atoms with E-state index in [9.17, 15) is 12.8 Å². The topological polar surface area (TPSA) is 63.4 Å². The summed E-state index contributed by atoms with van der Waals surface area (Å²) in [6.45, 7) is 2.02. The molecule has 4 nitrogen and oxygen atoms in total. The van der Waals surface area contributed by atoms with Crippen LogP contribution in [0, 0.1) is 17.7 Å². The van der Waals surface area contributed by atoms with Crippen LogP contribution in [0.4, 0.5) is 4.39 Å². The highest BCUT2D eigenvalue weighted by atomic mass is 32.2. The molecule has 2 N–H and O–H groups in total. The summed E-state index contributed by atoms with van der Waals surface area (Å²) in [5.41, 5.74) is 6.87. The highest BCUT2D eigenvalue weighted by Gasteiger charge is 2.19. The molecule has 1 aliphatic rings. The molecular formula is C15H19FN2O2S. The number of rotatable bonds is 2. The van der Waals surface area contributed by atoms with Crippen molar-refractivity contribution < 1.29 is 12.8 Å². The lowest BCUT2D eigenvalue weighted by atomic mass is 10.1. The summed E-state index contributed by atoms with van der Waals surface area (Å²) in [6.07, 6.45) is 0.632. The minimum atomic E-state index is -2.92. The molecule has 0 radical (unpaired) electrons. The van der Waals surface area contributed by atoms with E-state index in [1.807, 2.05) is 0 Å². The van der Waals surface area contributed by atoms with Gasteiger partial charge in [0.25, 0.3) is 0 Å². The van der Waals surface area contributed by atoms with Gasteiger partial charge in [-0.05, 0) is 30.7 Å². The Hall–Kier alpha value is -1.42. The average molecular weight is 310 g/mol. The van der Waals surface area contributed by atoms with E-state index in [1.165, 1.54) is 12.1 Å². The predicted molar refractivity (Wildman–Crippen MR) is 80.9 cm³/mol. The Morgan fingerprint density at radius 2 is 2.10 bits per heavy atom. The first-order valence-corrected chi connectivity index (χ1v) is 8.72. The molecule has 1 heterocycles. The molecule has 21 heavy (non-hydrogen) atoms. The average Bonchev–Trinajstić information content (AvgIpc) is 2.60. The smallest absolute Gasteiger partial charge is 0.151 e. The summed E-state index contributed by atoms with van der Waals surface area (Å²) in [6, 6.07) is 4.50. The van der Waals surface area contributed by atoms with Gasteiger partial charge in [0.1, 0.15) is 5.82 Å². The van der Waals surface area contributed by atoms with Gasteiger partial charge in [0.05, 0.1) is 18.1 Å². The maximum atomic E-state index is 13.3. The molecule has 2 rings (SSSR count). The summed E-state index contributed by atoms with van der Waals surface area (Å²) >= 11 is 0. The molecule has 0 spiro atoms. The van der Waals surface area contributed by atoms with Crippen LogP contribution in [-0.2, 0) is 16.4 Å². The third-order valence-electron chi connectivity index (χ3n) is 3.44. The van der Waals surface area contributed by atoms with Crippen molar-refractivity contribution in [1.29, 1.82) is 0 Å². The normalized spacial score (nSPS) is 18.6. The fourth-order valence-electron chi connectivity index (χ4n) is 2.34. The number of nitrogens with two attached hydrogens (primary N) is 1. The number of hydrogen-bond acceptors (Lipinski definition) is 4. The van der Waals surface area contributed by atoms with Crippen LogP contribution in [0.15, 0.2) is 18.2 Å². The van der Waals surface area contributed by atoms with Crippen molar-refractivity contribution in [3.05, 3.63) is 35.1 Å². The third-order valence-corrected chi connectivity index (χ3v) is 5.15. The van der Waals surface area contributed by atoms with Crippen molar-refractivity contribution in [3.8, 4) is 11.8 Å². The minimum absolute atomic E-state index is 0.179. The van der Waals surface area contributed by atoms with E-state index in [-0.39, 0.29) is 23.9 Å². The molecule has 0 bridgehead atoms. The molecule has 6 heteroatoms. The Bertz CT molecular complexity index is 662. The van der Waals surface area contributed by atoms with Crippen molar-refractivity contribution in [3.63, 3.8) is 0 Å². The number of halogens is 1. The third kappa shape index (κ3) is 4.81. The monoisotopic (exact) mass is 310 g/mol. The Morgan fingerprint density at radius 1 is 1.29 bits per heavy atom. The number of hydrogen-bond donors (Lipinski definition) is 1. The van der Waals surface area contributed by atoms with Crippen LogP contribution in [0.2, 0.25) is 0 Å². The Labute approximate surface area is 125 Å². The van der Waals surface area contributed by atoms with E-state index in [0.717, 1.165) is 12.1 Å². The maximum Gasteiger partial charge on any atom is 0.151 e. The van der Waals surface area contributed by atoms with E-state index in [4.69, 9.17) is 5.73 Å². The fourth-order valence-corrected chi connectivity index (χ4v) is 3.65. The van der Waals surface area contributed by atoms with Crippen LogP contribution in [-0.4, -0.2) is 44.5 Å². The van der Waals surface area contributed by atoms with Gasteiger partial charge >= 0.3 is 0 Å². The van der Waals surface area contributed by atoms with Gasteiger partial charge in [0.15, 0.2) is 9.84 Å². The number of benzene rings is 1. The first-order chi connectivity index (χ1) is 10.00. The molecule has 1 aliphatic heterocycles. The molecular weight excluding hydrogens is 291 g/mol. The van der Waals surface area contributed by atoms with E-state index in [2.05, 4.69) is 16.7 Å². The Balaban J connectivity index is 2.15. The number of nitrogens with zero attached hydrogens (tertiary/aromatic N) is 1. The van der Waals surface area contributed by atoms with Crippen molar-refractivity contribution in [2.24, 2.45) is 5.73 Å². The van der Waals surface area contributed by atoms with Gasteiger partial charge in [0.2, 0.25) is 0 Å². The first-order valence-electron chi connectivity index (χ1n) is 6.90. The van der Waals surface area contributed by atoms with Crippen LogP contribution in [0.25, 0.3) is 0 Å². The molecule has 1 saturated heterocycles. The van der Waals surface area contributed by atoms with Gasteiger partial charge in [-0.1, -0.05) is 17.9 Å². The maximum absolute atomic E-state index is 13.3. The second-order valence-corrected chi connectivity index (χ2v) is 7.39. The second-order valence-electron chi connectivity index (χ2n) is 5.09. The van der Waals surface area contributed by atoms with E-state index in [1.54, 1.807) is 6.07 Å². The van der Waals surface area contributed by atoms with Crippen LogP contribution in [0.3, 0.4) is 0 Å². The van der Waals surface area contributed by atoms with Gasteiger partial charge in [-0.25, -0.2) is 12.8 Å². The summed E-state index contributed by atoms with van der Waals surface area (Å²) < 4.78 is 36.5. The molecule has 0 aliphatic carbocycles. The summed E-state index contributed by atoms with van der Waals surface area (Å²) in [5, 5.41) is 0. The summed E-state index contributed by atoms with van der Waals surface area (Å²) in [7, 11) is -2.92. The highest BCUT2D eigenvalue weighted by molar-refractivity contribution is 7.91. The molecule has 0 unspecified atom stereocenters. The largest absolute Gasteiger partial charge is 0.320 e. The standard InChI is InChI=1S/C15H19FN2O2S/c16-15-5-4-14(13(11-15)3-1-6-17)12-18-7-2-9-21(19,20)10-8-18/h4-5,11H,2,6-10,12,17H2. The molecule has 1 aromatic carbocycles. The van der Waals surface area contributed by atoms with Crippen molar-refractivity contribution in [2.45, 2.75) is 13.0 Å². The fraction of sp³-hybridized carbons (Fsp3) is 0.467. The van der Waals surface area contributed by atoms with Crippen molar-refractivity contribution in [2.75, 3.05) is 31.1 Å². The highest BCUT2D eigenvalue weighted by Crippen LogP contribution is 2.15. The van der Waals surface area contributed by atoms with Gasteiger partial charge < -0.3 is 5.73 Å². The summed E-state index contributed by atoms with van der Waals surface area (Å²) in [5.74, 6) is 5.69. The molecule has 114 valence electrons. The second kappa shape index (κ2) is 7.03. The van der Waals surface area contributed by atoms with E-state index in [0.29, 0.717) is 25.1 Å². The quantitative estimate of drug-likeness (QED) is 0.819. The zero-order chi connectivity index (χ0) is 15.3. The Kier molecular flexibility index (Phi) is 5.34. The Morgan fingerprint density at radius 3 is 2.86 bits per heavy atom. The van der Waals surface area contributed by atoms with Crippen LogP contribution < -0.4 is 5.73 Å². The van der Waals surface area contributed by atoms with Crippen LogP contribution >= 0.6 is 0 Å². The lowest BCUT2D eigenvalue weighted by molar-refractivity contribution is 0.287. The van der Waals surface area contributed by atoms with Crippen LogP contribution in [0.1, 0.15) is 17.5 Å². The van der Waals surface area contributed by atoms with Gasteiger partial charge in [-0.2, -0.15) is 0 Å². The van der Waals surface area contributed by atoms with E-state index >= 15 is 0 Å².